The van der Waals surface area contributed by atoms with Gasteiger partial charge in [-0.25, -0.2) is 4.79 Å². The summed E-state index contributed by atoms with van der Waals surface area (Å²) < 4.78 is 46.7. The third-order valence-corrected chi connectivity index (χ3v) is 4.78. The van der Waals surface area contributed by atoms with Crippen molar-refractivity contribution in [2.24, 2.45) is 0 Å². The lowest BCUT2D eigenvalue weighted by molar-refractivity contribution is -0.286. The summed E-state index contributed by atoms with van der Waals surface area (Å²) in [7, 11) is 0. The molecule has 2 aromatic heterocycles. The smallest absolute Gasteiger partial charge is 0.465 e. The van der Waals surface area contributed by atoms with E-state index in [0.717, 1.165) is 10.7 Å². The Kier molecular flexibility index (Phi) is 5.86. The van der Waals surface area contributed by atoms with Crippen LogP contribution < -0.4 is 14.8 Å². The standard InChI is InChI=1S/C23H15F2N5O6/c24-23(25)35-18-9-8-15(11-19(18)36-23)26-20(31)13-34-22(32)17(12-16-7-4-10-33-16)30-21(27-28-29-30)14-5-2-1-3-6-14/h1-12H,13H2,(H,26,31)/b17-12+. The van der Waals surface area contributed by atoms with Crippen molar-refractivity contribution in [2.45, 2.75) is 6.29 Å². The predicted molar refractivity (Wildman–Crippen MR) is 118 cm³/mol. The molecule has 1 aliphatic rings. The quantitative estimate of drug-likeness (QED) is 0.303. The molecule has 0 spiro atoms. The highest BCUT2D eigenvalue weighted by molar-refractivity contribution is 6.16. The number of alkyl halides is 2. The maximum absolute atomic E-state index is 13.2. The third kappa shape index (κ3) is 4.89. The van der Waals surface area contributed by atoms with Crippen LogP contribution in [0.2, 0.25) is 0 Å². The number of halogens is 2. The maximum Gasteiger partial charge on any atom is 0.586 e. The zero-order valence-corrected chi connectivity index (χ0v) is 18.1. The molecular weight excluding hydrogens is 480 g/mol. The summed E-state index contributed by atoms with van der Waals surface area (Å²) in [5.74, 6) is -1.49. The molecule has 0 radical (unpaired) electrons. The summed E-state index contributed by atoms with van der Waals surface area (Å²) in [6.07, 6.45) is -1.01. The Hall–Kier alpha value is -5.07. The molecule has 1 amide bonds. The number of tetrazole rings is 1. The summed E-state index contributed by atoms with van der Waals surface area (Å²) in [5, 5.41) is 13.9. The van der Waals surface area contributed by atoms with E-state index < -0.39 is 24.8 Å². The van der Waals surface area contributed by atoms with Crippen molar-refractivity contribution in [1.82, 2.24) is 20.2 Å². The highest BCUT2D eigenvalue weighted by Gasteiger charge is 2.43. The van der Waals surface area contributed by atoms with E-state index in [1.165, 1.54) is 24.5 Å². The van der Waals surface area contributed by atoms with Crippen LogP contribution in [-0.2, 0) is 14.3 Å². The van der Waals surface area contributed by atoms with Gasteiger partial charge >= 0.3 is 12.3 Å². The second-order valence-corrected chi connectivity index (χ2v) is 7.28. The predicted octanol–water partition coefficient (Wildman–Crippen LogP) is 3.43. The Balaban J connectivity index is 1.31. The maximum atomic E-state index is 13.2. The van der Waals surface area contributed by atoms with Gasteiger partial charge in [0.2, 0.25) is 0 Å². The van der Waals surface area contributed by atoms with E-state index in [-0.39, 0.29) is 28.7 Å². The Labute approximate surface area is 200 Å². The van der Waals surface area contributed by atoms with Crippen LogP contribution in [0.4, 0.5) is 14.5 Å². The molecule has 2 aromatic carbocycles. The fraction of sp³-hybridized carbons (Fsp3) is 0.0870. The van der Waals surface area contributed by atoms with Crippen LogP contribution in [-0.4, -0.2) is 45.0 Å². The van der Waals surface area contributed by atoms with Gasteiger partial charge < -0.3 is 23.9 Å². The molecule has 182 valence electrons. The van der Waals surface area contributed by atoms with Crippen molar-refractivity contribution >= 4 is 29.3 Å². The molecule has 0 saturated carbocycles. The number of esters is 1. The van der Waals surface area contributed by atoms with Crippen molar-refractivity contribution < 1.29 is 37.0 Å². The minimum Gasteiger partial charge on any atom is -0.465 e. The monoisotopic (exact) mass is 495 g/mol. The molecule has 1 aliphatic heterocycles. The summed E-state index contributed by atoms with van der Waals surface area (Å²) >= 11 is 0. The summed E-state index contributed by atoms with van der Waals surface area (Å²) in [6, 6.07) is 15.8. The SMILES string of the molecule is O=C(COC(=O)/C(=C\c1ccco1)n1nnnc1-c1ccccc1)Nc1ccc2c(c1)OC(F)(F)O2. The molecule has 0 fully saturated rings. The Morgan fingerprint density at radius 3 is 2.64 bits per heavy atom. The zero-order chi connectivity index (χ0) is 25.1. The van der Waals surface area contributed by atoms with Crippen LogP contribution in [0.5, 0.6) is 11.5 Å². The number of amides is 1. The second kappa shape index (κ2) is 9.29. The lowest BCUT2D eigenvalue weighted by Crippen LogP contribution is -2.26. The molecule has 0 bridgehead atoms. The van der Waals surface area contributed by atoms with Crippen LogP contribution >= 0.6 is 0 Å². The van der Waals surface area contributed by atoms with E-state index in [1.54, 1.807) is 36.4 Å². The number of nitrogens with zero attached hydrogens (tertiary/aromatic N) is 4. The lowest BCUT2D eigenvalue weighted by Gasteiger charge is -2.10. The van der Waals surface area contributed by atoms with Gasteiger partial charge in [0.15, 0.2) is 29.6 Å². The van der Waals surface area contributed by atoms with Crippen LogP contribution in [0.1, 0.15) is 5.76 Å². The van der Waals surface area contributed by atoms with Gasteiger partial charge in [-0.05, 0) is 34.7 Å². The van der Waals surface area contributed by atoms with Crippen molar-refractivity contribution in [3.05, 3.63) is 72.7 Å². The Bertz CT molecular complexity index is 1440. The number of aromatic nitrogens is 4. The molecule has 0 atom stereocenters. The fourth-order valence-electron chi connectivity index (χ4n) is 3.26. The number of rotatable bonds is 7. The molecule has 0 saturated heterocycles. The summed E-state index contributed by atoms with van der Waals surface area (Å²) in [5.41, 5.74) is 0.646. The third-order valence-electron chi connectivity index (χ3n) is 4.78. The topological polar surface area (TPSA) is 131 Å². The summed E-state index contributed by atoms with van der Waals surface area (Å²) in [6.45, 7) is -0.693. The number of benzene rings is 2. The van der Waals surface area contributed by atoms with Crippen LogP contribution in [0.3, 0.4) is 0 Å². The first-order valence-electron chi connectivity index (χ1n) is 10.3. The fourth-order valence-corrected chi connectivity index (χ4v) is 3.26. The van der Waals surface area contributed by atoms with Gasteiger partial charge in [-0.3, -0.25) is 4.79 Å². The van der Waals surface area contributed by atoms with Gasteiger partial charge in [-0.2, -0.15) is 4.68 Å². The van der Waals surface area contributed by atoms with Gasteiger partial charge in [0, 0.05) is 23.4 Å². The molecule has 1 N–H and O–H groups in total. The Morgan fingerprint density at radius 1 is 1.06 bits per heavy atom. The molecule has 13 heteroatoms. The second-order valence-electron chi connectivity index (χ2n) is 7.28. The number of hydrogen-bond acceptors (Lipinski definition) is 9. The highest BCUT2D eigenvalue weighted by atomic mass is 19.3. The molecular formula is C23H15F2N5O6. The number of hydrogen-bond donors (Lipinski definition) is 1. The van der Waals surface area contributed by atoms with E-state index in [0.29, 0.717) is 11.3 Å². The van der Waals surface area contributed by atoms with Crippen LogP contribution in [0, 0.1) is 0 Å². The van der Waals surface area contributed by atoms with Gasteiger partial charge in [-0.1, -0.05) is 30.3 Å². The van der Waals surface area contributed by atoms with Crippen LogP contribution in [0.25, 0.3) is 23.2 Å². The lowest BCUT2D eigenvalue weighted by atomic mass is 10.2. The van der Waals surface area contributed by atoms with Crippen molar-refractivity contribution in [1.29, 1.82) is 0 Å². The number of furan rings is 1. The highest BCUT2D eigenvalue weighted by Crippen LogP contribution is 2.42. The molecule has 0 aliphatic carbocycles. The first-order valence-corrected chi connectivity index (χ1v) is 10.3. The van der Waals surface area contributed by atoms with E-state index in [1.807, 2.05) is 6.07 Å². The number of carbonyl (C=O) groups excluding carboxylic acids is 2. The van der Waals surface area contributed by atoms with Crippen molar-refractivity contribution in [3.8, 4) is 22.9 Å². The summed E-state index contributed by atoms with van der Waals surface area (Å²) in [4.78, 5) is 25.4. The molecule has 5 rings (SSSR count). The minimum atomic E-state index is -3.79. The molecule has 0 unspecified atom stereocenters. The molecule has 3 heterocycles. The van der Waals surface area contributed by atoms with Gasteiger partial charge in [0.1, 0.15) is 5.76 Å². The van der Waals surface area contributed by atoms with Gasteiger partial charge in [0.05, 0.1) is 6.26 Å². The first-order chi connectivity index (χ1) is 17.4. The first kappa shape index (κ1) is 22.7. The number of ether oxygens (including phenoxy) is 3. The normalized spacial score (nSPS) is 13.9. The van der Waals surface area contributed by atoms with Crippen molar-refractivity contribution in [2.75, 3.05) is 11.9 Å². The largest absolute Gasteiger partial charge is 0.586 e. The Morgan fingerprint density at radius 2 is 1.86 bits per heavy atom. The average Bonchev–Trinajstić information content (AvgIpc) is 3.60. The van der Waals surface area contributed by atoms with Gasteiger partial charge in [-0.15, -0.1) is 13.9 Å². The number of anilines is 1. The zero-order valence-electron chi connectivity index (χ0n) is 18.1. The number of fused-ring (bicyclic) bond motifs is 1. The van der Waals surface area contributed by atoms with E-state index in [9.17, 15) is 18.4 Å². The van der Waals surface area contributed by atoms with Crippen LogP contribution in [0.15, 0.2) is 71.3 Å². The number of nitrogens with one attached hydrogen (secondary N) is 1. The molecule has 4 aromatic rings. The van der Waals surface area contributed by atoms with Crippen molar-refractivity contribution in [3.63, 3.8) is 0 Å². The van der Waals surface area contributed by atoms with Gasteiger partial charge in [0.25, 0.3) is 5.91 Å². The van der Waals surface area contributed by atoms with E-state index >= 15 is 0 Å². The molecule has 36 heavy (non-hydrogen) atoms. The molecule has 11 nitrogen and oxygen atoms in total. The average molecular weight is 495 g/mol. The van der Waals surface area contributed by atoms with E-state index in [4.69, 9.17) is 9.15 Å². The van der Waals surface area contributed by atoms with E-state index in [2.05, 4.69) is 30.3 Å². The minimum absolute atomic E-state index is 0.119. The number of carbonyl (C=O) groups is 2.